The number of hydrogen-bond acceptors (Lipinski definition) is 5. The largest absolute Gasteiger partial charge is 0.370 e. The van der Waals surface area contributed by atoms with Crippen LogP contribution in [0.4, 0.5) is 11.6 Å². The van der Waals surface area contributed by atoms with Crippen molar-refractivity contribution in [2.45, 2.75) is 46.5 Å². The van der Waals surface area contributed by atoms with E-state index in [1.165, 1.54) is 0 Å². The van der Waals surface area contributed by atoms with Crippen molar-refractivity contribution in [3.63, 3.8) is 0 Å². The average molecular weight is 279 g/mol. The molecule has 0 radical (unpaired) electrons. The standard InChI is InChI=1S/C14H25N5O/c1-6-16-11-9(2)12(17-8-7-10(15)20)19-13(18-11)14(3,4)5/h6-8H2,1-5H3,(H2,15,20)(H2,16,17,18,19). The van der Waals surface area contributed by atoms with Gasteiger partial charge in [-0.25, -0.2) is 9.97 Å². The summed E-state index contributed by atoms with van der Waals surface area (Å²) in [5.74, 6) is 2.02. The molecule has 0 atom stereocenters. The lowest BCUT2D eigenvalue weighted by Gasteiger charge is -2.21. The van der Waals surface area contributed by atoms with Crippen molar-refractivity contribution in [2.24, 2.45) is 5.73 Å². The molecule has 20 heavy (non-hydrogen) atoms. The molecule has 1 aromatic rings. The maximum Gasteiger partial charge on any atom is 0.219 e. The first-order valence-electron chi connectivity index (χ1n) is 6.90. The summed E-state index contributed by atoms with van der Waals surface area (Å²) in [6, 6.07) is 0. The van der Waals surface area contributed by atoms with Gasteiger partial charge in [0.15, 0.2) is 0 Å². The van der Waals surface area contributed by atoms with E-state index in [2.05, 4.69) is 41.4 Å². The SMILES string of the molecule is CCNc1nc(C(C)(C)C)nc(NCCC(N)=O)c1C. The van der Waals surface area contributed by atoms with E-state index < -0.39 is 0 Å². The molecular weight excluding hydrogens is 254 g/mol. The molecule has 1 rings (SSSR count). The smallest absolute Gasteiger partial charge is 0.219 e. The highest BCUT2D eigenvalue weighted by Crippen LogP contribution is 2.26. The number of nitrogens with two attached hydrogens (primary N) is 1. The molecule has 1 amide bonds. The number of nitrogens with one attached hydrogen (secondary N) is 2. The number of primary amides is 1. The van der Waals surface area contributed by atoms with Crippen LogP contribution in [0.15, 0.2) is 0 Å². The zero-order valence-electron chi connectivity index (χ0n) is 13.0. The molecule has 0 aliphatic heterocycles. The van der Waals surface area contributed by atoms with Gasteiger partial charge in [0.2, 0.25) is 5.91 Å². The molecule has 6 heteroatoms. The van der Waals surface area contributed by atoms with Gasteiger partial charge in [0.1, 0.15) is 17.5 Å². The third-order valence-electron chi connectivity index (χ3n) is 2.82. The zero-order valence-corrected chi connectivity index (χ0v) is 13.0. The van der Waals surface area contributed by atoms with Gasteiger partial charge in [-0.3, -0.25) is 4.79 Å². The molecule has 0 bridgehead atoms. The fourth-order valence-corrected chi connectivity index (χ4v) is 1.67. The number of aromatic nitrogens is 2. The molecule has 0 saturated heterocycles. The second-order valence-corrected chi connectivity index (χ2v) is 5.79. The van der Waals surface area contributed by atoms with Crippen LogP contribution in [0.3, 0.4) is 0 Å². The van der Waals surface area contributed by atoms with Crippen LogP contribution in [0.25, 0.3) is 0 Å². The minimum atomic E-state index is -0.327. The third-order valence-corrected chi connectivity index (χ3v) is 2.82. The van der Waals surface area contributed by atoms with Gasteiger partial charge in [0.25, 0.3) is 0 Å². The molecule has 0 spiro atoms. The monoisotopic (exact) mass is 279 g/mol. The van der Waals surface area contributed by atoms with Crippen molar-refractivity contribution >= 4 is 17.5 Å². The van der Waals surface area contributed by atoms with Crippen LogP contribution in [0.2, 0.25) is 0 Å². The molecule has 0 aliphatic carbocycles. The highest BCUT2D eigenvalue weighted by atomic mass is 16.1. The Kier molecular flexibility index (Phi) is 5.30. The molecule has 0 unspecified atom stereocenters. The van der Waals surface area contributed by atoms with Crippen LogP contribution in [-0.2, 0) is 10.2 Å². The summed E-state index contributed by atoms with van der Waals surface area (Å²) in [4.78, 5) is 20.0. The number of carbonyl (C=O) groups excluding carboxylic acids is 1. The fraction of sp³-hybridized carbons (Fsp3) is 0.643. The van der Waals surface area contributed by atoms with E-state index in [4.69, 9.17) is 5.73 Å². The maximum atomic E-state index is 10.8. The Hall–Kier alpha value is -1.85. The summed E-state index contributed by atoms with van der Waals surface area (Å²) in [5.41, 5.74) is 5.95. The van der Waals surface area contributed by atoms with E-state index in [-0.39, 0.29) is 17.7 Å². The van der Waals surface area contributed by atoms with Crippen molar-refractivity contribution in [3.05, 3.63) is 11.4 Å². The lowest BCUT2D eigenvalue weighted by Crippen LogP contribution is -2.21. The average Bonchev–Trinajstić information content (AvgIpc) is 2.32. The van der Waals surface area contributed by atoms with Crippen molar-refractivity contribution in [2.75, 3.05) is 23.7 Å². The molecule has 0 aliphatic rings. The third kappa shape index (κ3) is 4.36. The summed E-state index contributed by atoms with van der Waals surface area (Å²) in [5, 5.41) is 6.41. The van der Waals surface area contributed by atoms with Crippen LogP contribution in [0.5, 0.6) is 0 Å². The van der Waals surface area contributed by atoms with Crippen LogP contribution in [-0.4, -0.2) is 29.0 Å². The van der Waals surface area contributed by atoms with Crippen LogP contribution >= 0.6 is 0 Å². The maximum absolute atomic E-state index is 10.8. The van der Waals surface area contributed by atoms with Gasteiger partial charge in [0.05, 0.1) is 0 Å². The van der Waals surface area contributed by atoms with E-state index in [1.54, 1.807) is 0 Å². The fourth-order valence-electron chi connectivity index (χ4n) is 1.67. The Morgan fingerprint density at radius 3 is 2.20 bits per heavy atom. The van der Waals surface area contributed by atoms with E-state index in [0.717, 1.165) is 29.6 Å². The summed E-state index contributed by atoms with van der Waals surface area (Å²) in [6.45, 7) is 11.5. The van der Waals surface area contributed by atoms with Gasteiger partial charge < -0.3 is 16.4 Å². The van der Waals surface area contributed by atoms with Gasteiger partial charge in [-0.1, -0.05) is 20.8 Å². The Morgan fingerprint density at radius 2 is 1.75 bits per heavy atom. The van der Waals surface area contributed by atoms with Gasteiger partial charge in [0, 0.05) is 30.5 Å². The van der Waals surface area contributed by atoms with E-state index >= 15 is 0 Å². The van der Waals surface area contributed by atoms with Crippen molar-refractivity contribution in [1.29, 1.82) is 0 Å². The number of anilines is 2. The highest BCUT2D eigenvalue weighted by Gasteiger charge is 2.21. The Labute approximate surface area is 120 Å². The van der Waals surface area contributed by atoms with Crippen LogP contribution in [0, 0.1) is 6.92 Å². The van der Waals surface area contributed by atoms with Crippen LogP contribution < -0.4 is 16.4 Å². The summed E-state index contributed by atoms with van der Waals surface area (Å²) >= 11 is 0. The second kappa shape index (κ2) is 6.54. The van der Waals surface area contributed by atoms with Gasteiger partial charge >= 0.3 is 0 Å². The molecule has 112 valence electrons. The minimum absolute atomic E-state index is 0.141. The normalized spacial score (nSPS) is 11.2. The number of amides is 1. The Balaban J connectivity index is 3.07. The predicted octanol–water partition coefficient (Wildman–Crippen LogP) is 1.80. The molecular formula is C14H25N5O. The summed E-state index contributed by atoms with van der Waals surface area (Å²) < 4.78 is 0. The quantitative estimate of drug-likeness (QED) is 0.738. The number of nitrogens with zero attached hydrogens (tertiary/aromatic N) is 2. The van der Waals surface area contributed by atoms with Gasteiger partial charge in [-0.05, 0) is 13.8 Å². The molecule has 1 aromatic heterocycles. The Morgan fingerprint density at radius 1 is 1.20 bits per heavy atom. The topological polar surface area (TPSA) is 92.9 Å². The molecule has 0 saturated carbocycles. The lowest BCUT2D eigenvalue weighted by molar-refractivity contribution is -0.117. The molecule has 6 nitrogen and oxygen atoms in total. The van der Waals surface area contributed by atoms with E-state index in [9.17, 15) is 4.79 Å². The molecule has 4 N–H and O–H groups in total. The molecule has 0 aromatic carbocycles. The van der Waals surface area contributed by atoms with E-state index in [1.807, 2.05) is 13.8 Å². The van der Waals surface area contributed by atoms with Crippen LogP contribution in [0.1, 0.15) is 45.5 Å². The zero-order chi connectivity index (χ0) is 15.3. The second-order valence-electron chi connectivity index (χ2n) is 5.79. The molecule has 0 fully saturated rings. The first kappa shape index (κ1) is 16.2. The van der Waals surface area contributed by atoms with Crippen molar-refractivity contribution in [3.8, 4) is 0 Å². The summed E-state index contributed by atoms with van der Waals surface area (Å²) in [7, 11) is 0. The first-order chi connectivity index (χ1) is 9.25. The minimum Gasteiger partial charge on any atom is -0.370 e. The predicted molar refractivity (Wildman–Crippen MR) is 81.9 cm³/mol. The Bertz CT molecular complexity index is 479. The lowest BCUT2D eigenvalue weighted by atomic mass is 9.95. The first-order valence-corrected chi connectivity index (χ1v) is 6.90. The number of rotatable bonds is 6. The molecule has 1 heterocycles. The van der Waals surface area contributed by atoms with E-state index in [0.29, 0.717) is 6.54 Å². The summed E-state index contributed by atoms with van der Waals surface area (Å²) in [6.07, 6.45) is 0.283. The number of carbonyl (C=O) groups is 1. The van der Waals surface area contributed by atoms with Crippen molar-refractivity contribution in [1.82, 2.24) is 9.97 Å². The van der Waals surface area contributed by atoms with Crippen molar-refractivity contribution < 1.29 is 4.79 Å². The van der Waals surface area contributed by atoms with Gasteiger partial charge in [-0.15, -0.1) is 0 Å². The number of hydrogen-bond donors (Lipinski definition) is 3. The highest BCUT2D eigenvalue weighted by molar-refractivity contribution is 5.74. The van der Waals surface area contributed by atoms with Gasteiger partial charge in [-0.2, -0.15) is 0 Å².